The first-order valence-electron chi connectivity index (χ1n) is 6.84. The van der Waals surface area contributed by atoms with Crippen LogP contribution in [0.25, 0.3) is 6.08 Å². The molecule has 0 spiro atoms. The molecule has 1 rings (SSSR count). The van der Waals surface area contributed by atoms with Gasteiger partial charge in [-0.15, -0.1) is 0 Å². The average Bonchev–Trinajstić information content (AvgIpc) is 2.38. The minimum absolute atomic E-state index is 0.348. The summed E-state index contributed by atoms with van der Waals surface area (Å²) in [7, 11) is -3.09. The molecule has 1 unspecified atom stereocenters. The molecule has 0 aromatic carbocycles. The van der Waals surface area contributed by atoms with Crippen LogP contribution in [0.5, 0.6) is 0 Å². The van der Waals surface area contributed by atoms with Gasteiger partial charge in [0.25, 0.3) is 0 Å². The van der Waals surface area contributed by atoms with E-state index in [1.807, 2.05) is 18.2 Å². The Morgan fingerprint density at radius 1 is 1.30 bits per heavy atom. The number of pyridine rings is 1. The molecule has 20 heavy (non-hydrogen) atoms. The van der Waals surface area contributed by atoms with Crippen molar-refractivity contribution in [3.05, 3.63) is 47.6 Å². The first-order chi connectivity index (χ1) is 9.35. The smallest absolute Gasteiger partial charge is 0.173 e. The molecule has 1 heterocycles. The van der Waals surface area contributed by atoms with Crippen molar-refractivity contribution < 1.29 is 8.42 Å². The summed E-state index contributed by atoms with van der Waals surface area (Å²) < 4.78 is 23.3. The Hall–Kier alpha value is -1.42. The fraction of sp³-hybridized carbons (Fsp3) is 0.438. The molecule has 4 heteroatoms. The van der Waals surface area contributed by atoms with Crippen molar-refractivity contribution in [3.63, 3.8) is 0 Å². The van der Waals surface area contributed by atoms with Crippen molar-refractivity contribution in [1.82, 2.24) is 4.98 Å². The minimum Gasteiger partial charge on any atom is -0.253 e. The Labute approximate surface area is 122 Å². The van der Waals surface area contributed by atoms with E-state index in [0.717, 1.165) is 24.2 Å². The normalized spacial score (nSPS) is 13.8. The maximum absolute atomic E-state index is 11.6. The number of hydrogen-bond donors (Lipinski definition) is 0. The van der Waals surface area contributed by atoms with Crippen LogP contribution in [0.4, 0.5) is 0 Å². The summed E-state index contributed by atoms with van der Waals surface area (Å²) in [6.45, 7) is 9.17. The lowest BCUT2D eigenvalue weighted by atomic mass is 10.0. The third-order valence-electron chi connectivity index (χ3n) is 3.08. The van der Waals surface area contributed by atoms with Crippen LogP contribution in [-0.4, -0.2) is 18.7 Å². The largest absolute Gasteiger partial charge is 0.253 e. The molecular weight excluding hydrogens is 270 g/mol. The van der Waals surface area contributed by atoms with Gasteiger partial charge in [-0.1, -0.05) is 25.6 Å². The van der Waals surface area contributed by atoms with E-state index >= 15 is 0 Å². The van der Waals surface area contributed by atoms with Crippen molar-refractivity contribution in [1.29, 1.82) is 0 Å². The summed E-state index contributed by atoms with van der Waals surface area (Å²) in [5.41, 5.74) is 1.88. The van der Waals surface area contributed by atoms with Crippen molar-refractivity contribution in [2.75, 3.05) is 0 Å². The van der Waals surface area contributed by atoms with E-state index in [2.05, 4.69) is 18.5 Å². The van der Waals surface area contributed by atoms with Crippen LogP contribution in [0.15, 0.2) is 36.3 Å². The third-order valence-corrected chi connectivity index (χ3v) is 4.96. The molecule has 0 N–H and O–H groups in total. The van der Waals surface area contributed by atoms with Crippen LogP contribution in [0.3, 0.4) is 0 Å². The van der Waals surface area contributed by atoms with E-state index in [-0.39, 0.29) is 5.25 Å². The van der Waals surface area contributed by atoms with Crippen LogP contribution in [-0.2, 0) is 16.3 Å². The number of nitrogens with zero attached hydrogens (tertiary/aromatic N) is 1. The van der Waals surface area contributed by atoms with Crippen LogP contribution < -0.4 is 0 Å². The van der Waals surface area contributed by atoms with Crippen LogP contribution >= 0.6 is 0 Å². The number of sulfone groups is 1. The van der Waals surface area contributed by atoms with E-state index in [0.29, 0.717) is 5.92 Å². The Morgan fingerprint density at radius 2 is 2.00 bits per heavy atom. The monoisotopic (exact) mass is 293 g/mol. The molecule has 0 aliphatic heterocycles. The SMILES string of the molecule is C=Cc1cccc(CC(C)C/C=C/S(=O)(=O)C(C)C)n1. The first-order valence-corrected chi connectivity index (χ1v) is 8.45. The molecule has 110 valence electrons. The molecule has 1 aromatic heterocycles. The quantitative estimate of drug-likeness (QED) is 0.771. The predicted molar refractivity (Wildman–Crippen MR) is 85.0 cm³/mol. The number of aromatic nitrogens is 1. The van der Waals surface area contributed by atoms with Gasteiger partial charge in [-0.05, 0) is 50.8 Å². The van der Waals surface area contributed by atoms with Crippen molar-refractivity contribution in [2.24, 2.45) is 5.92 Å². The standard InChI is InChI=1S/C16H23NO2S/c1-5-15-9-6-10-16(17-15)12-14(4)8-7-11-20(18,19)13(2)3/h5-7,9-11,13-14H,1,8,12H2,2-4H3/b11-7+. The fourth-order valence-electron chi connectivity index (χ4n) is 1.74. The second kappa shape index (κ2) is 7.39. The predicted octanol–water partition coefficient (Wildman–Crippen LogP) is 3.63. The molecule has 0 amide bonds. The van der Waals surface area contributed by atoms with Crippen LogP contribution in [0.1, 0.15) is 38.6 Å². The number of hydrogen-bond acceptors (Lipinski definition) is 3. The first kappa shape index (κ1) is 16.6. The minimum atomic E-state index is -3.09. The zero-order chi connectivity index (χ0) is 15.2. The highest BCUT2D eigenvalue weighted by atomic mass is 32.2. The van der Waals surface area contributed by atoms with Gasteiger partial charge < -0.3 is 0 Å². The number of rotatable bonds is 7. The highest BCUT2D eigenvalue weighted by Gasteiger charge is 2.11. The number of allylic oxidation sites excluding steroid dienone is 1. The lowest BCUT2D eigenvalue weighted by Crippen LogP contribution is -2.10. The zero-order valence-electron chi connectivity index (χ0n) is 12.4. The second-order valence-corrected chi connectivity index (χ2v) is 7.71. The maximum Gasteiger partial charge on any atom is 0.173 e. The molecule has 0 saturated heterocycles. The lowest BCUT2D eigenvalue weighted by molar-refractivity contribution is 0.579. The van der Waals surface area contributed by atoms with Crippen LogP contribution in [0, 0.1) is 5.92 Å². The van der Waals surface area contributed by atoms with Gasteiger partial charge >= 0.3 is 0 Å². The van der Waals surface area contributed by atoms with Gasteiger partial charge in [0, 0.05) is 11.1 Å². The van der Waals surface area contributed by atoms with Gasteiger partial charge in [0.2, 0.25) is 0 Å². The Morgan fingerprint density at radius 3 is 2.60 bits per heavy atom. The molecule has 1 aromatic rings. The maximum atomic E-state index is 11.6. The molecular formula is C16H23NO2S. The van der Waals surface area contributed by atoms with E-state index in [1.54, 1.807) is 26.0 Å². The molecule has 1 atom stereocenters. The highest BCUT2D eigenvalue weighted by molar-refractivity contribution is 7.94. The van der Waals surface area contributed by atoms with Crippen molar-refractivity contribution >= 4 is 15.9 Å². The molecule has 3 nitrogen and oxygen atoms in total. The van der Waals surface area contributed by atoms with E-state index in [1.165, 1.54) is 5.41 Å². The summed E-state index contributed by atoms with van der Waals surface area (Å²) in [4.78, 5) is 4.46. The molecule has 0 saturated carbocycles. The van der Waals surface area contributed by atoms with Gasteiger partial charge in [-0.2, -0.15) is 0 Å². The Balaban J connectivity index is 2.58. The summed E-state index contributed by atoms with van der Waals surface area (Å²) in [6, 6.07) is 5.86. The molecule has 0 radical (unpaired) electrons. The van der Waals surface area contributed by atoms with Gasteiger partial charge in [0.15, 0.2) is 9.84 Å². The van der Waals surface area contributed by atoms with Crippen molar-refractivity contribution in [2.45, 2.75) is 38.9 Å². The Bertz CT molecular complexity index is 574. The molecule has 0 bridgehead atoms. The zero-order valence-corrected chi connectivity index (χ0v) is 13.2. The van der Waals surface area contributed by atoms with Gasteiger partial charge in [-0.3, -0.25) is 4.98 Å². The topological polar surface area (TPSA) is 47.0 Å². The van der Waals surface area contributed by atoms with E-state index in [9.17, 15) is 8.42 Å². The van der Waals surface area contributed by atoms with Crippen LogP contribution in [0.2, 0.25) is 0 Å². The summed E-state index contributed by atoms with van der Waals surface area (Å²) in [6.07, 6.45) is 5.03. The van der Waals surface area contributed by atoms with E-state index < -0.39 is 9.84 Å². The molecule has 0 fully saturated rings. The van der Waals surface area contributed by atoms with Gasteiger partial charge in [0.1, 0.15) is 0 Å². The highest BCUT2D eigenvalue weighted by Crippen LogP contribution is 2.13. The van der Waals surface area contributed by atoms with Crippen molar-refractivity contribution in [3.8, 4) is 0 Å². The van der Waals surface area contributed by atoms with E-state index in [4.69, 9.17) is 0 Å². The fourth-order valence-corrected chi connectivity index (χ4v) is 2.44. The van der Waals surface area contributed by atoms with Gasteiger partial charge in [0.05, 0.1) is 10.9 Å². The summed E-state index contributed by atoms with van der Waals surface area (Å²) >= 11 is 0. The summed E-state index contributed by atoms with van der Waals surface area (Å²) in [5, 5.41) is 0.974. The Kier molecular flexibility index (Phi) is 6.14. The third kappa shape index (κ3) is 5.29. The second-order valence-electron chi connectivity index (χ2n) is 5.31. The lowest BCUT2D eigenvalue weighted by Gasteiger charge is -2.09. The van der Waals surface area contributed by atoms with Gasteiger partial charge in [-0.25, -0.2) is 8.42 Å². The molecule has 0 aliphatic carbocycles. The average molecular weight is 293 g/mol. The summed E-state index contributed by atoms with van der Waals surface area (Å²) in [5.74, 6) is 0.348. The molecule has 0 aliphatic rings.